The van der Waals surface area contributed by atoms with Crippen LogP contribution in [-0.2, 0) is 6.54 Å². The van der Waals surface area contributed by atoms with Gasteiger partial charge in [0.25, 0.3) is 5.91 Å². The second kappa shape index (κ2) is 7.19. The van der Waals surface area contributed by atoms with Crippen molar-refractivity contribution < 1.29 is 9.32 Å². The third-order valence-corrected chi connectivity index (χ3v) is 5.76. The number of aromatic nitrogens is 2. The first-order valence-electron chi connectivity index (χ1n) is 8.84. The number of benzene rings is 1. The van der Waals surface area contributed by atoms with Crippen LogP contribution in [0.15, 0.2) is 22.7 Å². The van der Waals surface area contributed by atoms with Crippen LogP contribution in [0.2, 0.25) is 10.0 Å². The molecule has 0 radical (unpaired) electrons. The third-order valence-electron chi connectivity index (χ3n) is 5.13. The van der Waals surface area contributed by atoms with Crippen LogP contribution in [0.4, 0.5) is 0 Å². The highest BCUT2D eigenvalue weighted by atomic mass is 35.5. The van der Waals surface area contributed by atoms with Gasteiger partial charge in [0, 0.05) is 54.2 Å². The summed E-state index contributed by atoms with van der Waals surface area (Å²) in [5.74, 6) is 0.777. The first kappa shape index (κ1) is 18.3. The normalized spacial score (nSPS) is 15.6. The summed E-state index contributed by atoms with van der Waals surface area (Å²) in [6.45, 7) is 7.55. The lowest BCUT2D eigenvalue weighted by atomic mass is 10.1. The number of hydrogen-bond acceptors (Lipinski definition) is 4. The Morgan fingerprint density at radius 3 is 2.63 bits per heavy atom. The van der Waals surface area contributed by atoms with Gasteiger partial charge in [-0.1, -0.05) is 28.4 Å². The summed E-state index contributed by atoms with van der Waals surface area (Å²) in [7, 11) is 0. The molecule has 1 amide bonds. The smallest absolute Gasteiger partial charge is 0.271 e. The molecule has 0 aliphatic carbocycles. The molecule has 1 aromatic carbocycles. The highest BCUT2D eigenvalue weighted by Crippen LogP contribution is 2.30. The van der Waals surface area contributed by atoms with E-state index >= 15 is 0 Å². The molecule has 1 aliphatic heterocycles. The molecule has 0 atom stereocenters. The molecule has 1 fully saturated rings. The number of piperazine rings is 1. The molecular formula is C19H20Cl2N4O2. The Morgan fingerprint density at radius 2 is 1.96 bits per heavy atom. The summed E-state index contributed by atoms with van der Waals surface area (Å²) in [6, 6.07) is 5.38. The number of carbonyl (C=O) groups excluding carboxylic acids is 1. The summed E-state index contributed by atoms with van der Waals surface area (Å²) in [5, 5.41) is 5.79. The molecule has 0 bridgehead atoms. The SMILES string of the molecule is Cc1noc(C)c1CN1CCN(C(=O)c2[nH]c3ccc(Cl)cc3c2Cl)CC1. The average molecular weight is 407 g/mol. The van der Waals surface area contributed by atoms with Crippen LogP contribution in [0, 0.1) is 13.8 Å². The van der Waals surface area contributed by atoms with Crippen molar-refractivity contribution in [3.05, 3.63) is 51.0 Å². The lowest BCUT2D eigenvalue weighted by Crippen LogP contribution is -2.48. The Bertz CT molecular complexity index is 983. The minimum atomic E-state index is -0.0793. The summed E-state index contributed by atoms with van der Waals surface area (Å²) < 4.78 is 5.23. The lowest BCUT2D eigenvalue weighted by Gasteiger charge is -2.34. The molecule has 3 heterocycles. The topological polar surface area (TPSA) is 65.4 Å². The molecule has 0 unspecified atom stereocenters. The molecule has 2 aromatic heterocycles. The van der Waals surface area contributed by atoms with Gasteiger partial charge >= 0.3 is 0 Å². The van der Waals surface area contributed by atoms with Crippen LogP contribution in [0.25, 0.3) is 10.9 Å². The zero-order valence-electron chi connectivity index (χ0n) is 15.2. The van der Waals surface area contributed by atoms with Crippen LogP contribution in [0.3, 0.4) is 0 Å². The largest absolute Gasteiger partial charge is 0.361 e. The molecule has 1 saturated heterocycles. The highest BCUT2D eigenvalue weighted by Gasteiger charge is 2.26. The zero-order valence-corrected chi connectivity index (χ0v) is 16.7. The number of aryl methyl sites for hydroxylation is 2. The van der Waals surface area contributed by atoms with Crippen LogP contribution < -0.4 is 0 Å². The number of rotatable bonds is 3. The molecule has 6 nitrogen and oxygen atoms in total. The van der Waals surface area contributed by atoms with E-state index in [0.717, 1.165) is 47.6 Å². The van der Waals surface area contributed by atoms with Gasteiger partial charge in [-0.05, 0) is 32.0 Å². The Hall–Kier alpha value is -2.02. The molecule has 1 N–H and O–H groups in total. The van der Waals surface area contributed by atoms with Gasteiger partial charge in [-0.2, -0.15) is 0 Å². The van der Waals surface area contributed by atoms with Crippen LogP contribution in [0.5, 0.6) is 0 Å². The Morgan fingerprint density at radius 1 is 1.22 bits per heavy atom. The van der Waals surface area contributed by atoms with Gasteiger partial charge in [0.15, 0.2) is 0 Å². The van der Waals surface area contributed by atoms with Gasteiger partial charge in [0.2, 0.25) is 0 Å². The molecule has 27 heavy (non-hydrogen) atoms. The maximum Gasteiger partial charge on any atom is 0.271 e. The van der Waals surface area contributed by atoms with Gasteiger partial charge in [-0.15, -0.1) is 0 Å². The van der Waals surface area contributed by atoms with Crippen LogP contribution >= 0.6 is 23.2 Å². The van der Waals surface area contributed by atoms with Gasteiger partial charge in [0.05, 0.1) is 10.7 Å². The number of H-pyrrole nitrogens is 1. The maximum absolute atomic E-state index is 12.9. The predicted octanol–water partition coefficient (Wildman–Crippen LogP) is 4.04. The van der Waals surface area contributed by atoms with Gasteiger partial charge in [-0.3, -0.25) is 9.69 Å². The van der Waals surface area contributed by atoms with Crippen molar-refractivity contribution in [1.82, 2.24) is 19.9 Å². The van der Waals surface area contributed by atoms with Crippen molar-refractivity contribution in [1.29, 1.82) is 0 Å². The molecular weight excluding hydrogens is 387 g/mol. The van der Waals surface area contributed by atoms with E-state index < -0.39 is 0 Å². The lowest BCUT2D eigenvalue weighted by molar-refractivity contribution is 0.0623. The second-order valence-corrected chi connectivity index (χ2v) is 7.69. The van der Waals surface area contributed by atoms with Gasteiger partial charge in [0.1, 0.15) is 11.5 Å². The monoisotopic (exact) mass is 406 g/mol. The van der Waals surface area contributed by atoms with E-state index in [4.69, 9.17) is 27.7 Å². The summed E-state index contributed by atoms with van der Waals surface area (Å²) in [5.41, 5.74) is 3.29. The van der Waals surface area contributed by atoms with E-state index in [-0.39, 0.29) is 5.91 Å². The highest BCUT2D eigenvalue weighted by molar-refractivity contribution is 6.39. The van der Waals surface area contributed by atoms with E-state index in [9.17, 15) is 4.79 Å². The van der Waals surface area contributed by atoms with Crippen molar-refractivity contribution in [3.8, 4) is 0 Å². The van der Waals surface area contributed by atoms with Crippen LogP contribution in [-0.4, -0.2) is 52.0 Å². The van der Waals surface area contributed by atoms with Crippen molar-refractivity contribution >= 4 is 40.0 Å². The fourth-order valence-corrected chi connectivity index (χ4v) is 3.95. The molecule has 4 rings (SSSR count). The number of carbonyl (C=O) groups is 1. The fraction of sp³-hybridized carbons (Fsp3) is 0.368. The first-order chi connectivity index (χ1) is 12.9. The van der Waals surface area contributed by atoms with Crippen molar-refractivity contribution in [3.63, 3.8) is 0 Å². The number of nitrogens with one attached hydrogen (secondary N) is 1. The van der Waals surface area contributed by atoms with Crippen molar-refractivity contribution in [2.24, 2.45) is 0 Å². The number of amides is 1. The van der Waals surface area contributed by atoms with Crippen molar-refractivity contribution in [2.45, 2.75) is 20.4 Å². The fourth-order valence-electron chi connectivity index (χ4n) is 3.50. The molecule has 0 spiro atoms. The maximum atomic E-state index is 12.9. The van der Waals surface area contributed by atoms with E-state index in [2.05, 4.69) is 15.0 Å². The summed E-state index contributed by atoms with van der Waals surface area (Å²) in [4.78, 5) is 20.2. The quantitative estimate of drug-likeness (QED) is 0.712. The van der Waals surface area contributed by atoms with Gasteiger partial charge < -0.3 is 14.4 Å². The second-order valence-electron chi connectivity index (χ2n) is 6.87. The predicted molar refractivity (Wildman–Crippen MR) is 105 cm³/mol. The minimum Gasteiger partial charge on any atom is -0.361 e. The zero-order chi connectivity index (χ0) is 19.1. The number of nitrogens with zero attached hydrogens (tertiary/aromatic N) is 3. The van der Waals surface area contributed by atoms with E-state index in [0.29, 0.717) is 28.8 Å². The van der Waals surface area contributed by atoms with Crippen LogP contribution in [0.1, 0.15) is 27.5 Å². The average Bonchev–Trinajstić information content (AvgIpc) is 3.16. The Balaban J connectivity index is 1.45. The first-order valence-corrected chi connectivity index (χ1v) is 9.59. The standard InChI is InChI=1S/C19H20Cl2N4O2/c1-11-15(12(2)27-23-11)10-24-5-7-25(8-6-24)19(26)18-17(21)14-9-13(20)3-4-16(14)22-18/h3-4,9,22H,5-8,10H2,1-2H3. The van der Waals surface area contributed by atoms with Crippen molar-refractivity contribution in [2.75, 3.05) is 26.2 Å². The van der Waals surface area contributed by atoms with E-state index in [1.165, 1.54) is 0 Å². The number of hydrogen-bond donors (Lipinski definition) is 1. The summed E-state index contributed by atoms with van der Waals surface area (Å²) >= 11 is 12.5. The molecule has 8 heteroatoms. The molecule has 3 aromatic rings. The molecule has 142 valence electrons. The number of aromatic amines is 1. The third kappa shape index (κ3) is 3.45. The summed E-state index contributed by atoms with van der Waals surface area (Å²) in [6.07, 6.45) is 0. The Kier molecular flexibility index (Phi) is 4.88. The number of fused-ring (bicyclic) bond motifs is 1. The van der Waals surface area contributed by atoms with Gasteiger partial charge in [-0.25, -0.2) is 0 Å². The van der Waals surface area contributed by atoms with E-state index in [1.54, 1.807) is 12.1 Å². The Labute approximate surface area is 167 Å². The number of halogens is 2. The van der Waals surface area contributed by atoms with E-state index in [1.807, 2.05) is 24.8 Å². The molecule has 0 saturated carbocycles. The minimum absolute atomic E-state index is 0.0793. The molecule has 1 aliphatic rings.